The van der Waals surface area contributed by atoms with Gasteiger partial charge in [0.2, 0.25) is 6.33 Å². The summed E-state index contributed by atoms with van der Waals surface area (Å²) >= 11 is 0. The lowest BCUT2D eigenvalue weighted by atomic mass is 10.2. The van der Waals surface area contributed by atoms with Crippen molar-refractivity contribution >= 4 is 6.29 Å². The highest BCUT2D eigenvalue weighted by Crippen LogP contribution is 1.88. The lowest BCUT2D eigenvalue weighted by Gasteiger charge is -1.96. The first-order valence-electron chi connectivity index (χ1n) is 3.68. The standard InChI is InChI=1S/C8H13N2O/c1-8(6-11)5-10-4-3-9(2)7-10/h3-4,6-8H,5H2,1-2H3/q+1. The molecule has 1 heterocycles. The van der Waals surface area contributed by atoms with E-state index in [1.165, 1.54) is 0 Å². The molecule has 0 fully saturated rings. The highest BCUT2D eigenvalue weighted by molar-refractivity contribution is 5.52. The number of aryl methyl sites for hydroxylation is 1. The van der Waals surface area contributed by atoms with Crippen LogP contribution in [0.15, 0.2) is 18.7 Å². The molecule has 60 valence electrons. The van der Waals surface area contributed by atoms with Gasteiger partial charge in [-0.2, -0.15) is 0 Å². The minimum atomic E-state index is 0.0994. The van der Waals surface area contributed by atoms with Crippen LogP contribution in [0.4, 0.5) is 0 Å². The van der Waals surface area contributed by atoms with Crippen LogP contribution in [-0.4, -0.2) is 10.9 Å². The second kappa shape index (κ2) is 3.32. The molecule has 0 aromatic carbocycles. The maximum atomic E-state index is 10.3. The van der Waals surface area contributed by atoms with Crippen LogP contribution in [0.3, 0.4) is 0 Å². The van der Waals surface area contributed by atoms with E-state index in [4.69, 9.17) is 0 Å². The van der Waals surface area contributed by atoms with Gasteiger partial charge in [0.25, 0.3) is 0 Å². The predicted molar refractivity (Wildman–Crippen MR) is 40.8 cm³/mol. The molecular weight excluding hydrogens is 140 g/mol. The second-order valence-corrected chi connectivity index (χ2v) is 2.89. The van der Waals surface area contributed by atoms with E-state index in [2.05, 4.69) is 0 Å². The first-order valence-corrected chi connectivity index (χ1v) is 3.68. The van der Waals surface area contributed by atoms with Gasteiger partial charge in [-0.3, -0.25) is 0 Å². The van der Waals surface area contributed by atoms with Crippen LogP contribution in [0.1, 0.15) is 6.92 Å². The number of imidazole rings is 1. The molecule has 3 nitrogen and oxygen atoms in total. The quantitative estimate of drug-likeness (QED) is 0.448. The van der Waals surface area contributed by atoms with Crippen molar-refractivity contribution in [1.29, 1.82) is 0 Å². The van der Waals surface area contributed by atoms with E-state index in [-0.39, 0.29) is 5.92 Å². The molecule has 1 unspecified atom stereocenters. The number of hydrogen-bond donors (Lipinski definition) is 0. The first kappa shape index (κ1) is 7.98. The van der Waals surface area contributed by atoms with Crippen molar-refractivity contribution < 1.29 is 9.36 Å². The van der Waals surface area contributed by atoms with E-state index in [1.807, 2.05) is 41.8 Å². The van der Waals surface area contributed by atoms with Gasteiger partial charge in [0, 0.05) is 5.92 Å². The van der Waals surface area contributed by atoms with Crippen molar-refractivity contribution in [2.75, 3.05) is 0 Å². The Kier molecular flexibility index (Phi) is 2.41. The van der Waals surface area contributed by atoms with Crippen LogP contribution >= 0.6 is 0 Å². The molecular formula is C8H13N2O+. The normalized spacial score (nSPS) is 12.9. The molecule has 0 aliphatic carbocycles. The fourth-order valence-electron chi connectivity index (χ4n) is 0.985. The summed E-state index contributed by atoms with van der Waals surface area (Å²) in [4.78, 5) is 10.3. The summed E-state index contributed by atoms with van der Waals surface area (Å²) in [5, 5.41) is 0. The van der Waals surface area contributed by atoms with E-state index in [9.17, 15) is 4.79 Å². The number of rotatable bonds is 3. The lowest BCUT2D eigenvalue weighted by molar-refractivity contribution is -0.700. The Morgan fingerprint density at radius 3 is 2.91 bits per heavy atom. The molecule has 0 radical (unpaired) electrons. The highest BCUT2D eigenvalue weighted by atomic mass is 16.1. The highest BCUT2D eigenvalue weighted by Gasteiger charge is 2.05. The lowest BCUT2D eigenvalue weighted by Crippen LogP contribution is -2.34. The van der Waals surface area contributed by atoms with Gasteiger partial charge in [0.15, 0.2) is 0 Å². The van der Waals surface area contributed by atoms with Crippen LogP contribution in [0, 0.1) is 5.92 Å². The molecule has 1 atom stereocenters. The minimum absolute atomic E-state index is 0.0994. The monoisotopic (exact) mass is 153 g/mol. The molecule has 0 amide bonds. The van der Waals surface area contributed by atoms with Gasteiger partial charge in [0.05, 0.1) is 13.6 Å². The third-order valence-electron chi connectivity index (χ3n) is 1.55. The van der Waals surface area contributed by atoms with E-state index in [0.717, 1.165) is 12.8 Å². The van der Waals surface area contributed by atoms with E-state index < -0.39 is 0 Å². The van der Waals surface area contributed by atoms with E-state index in [0.29, 0.717) is 0 Å². The molecule has 0 spiro atoms. The van der Waals surface area contributed by atoms with E-state index in [1.54, 1.807) is 0 Å². The van der Waals surface area contributed by atoms with Crippen molar-refractivity contribution in [2.24, 2.45) is 13.0 Å². The van der Waals surface area contributed by atoms with Gasteiger partial charge >= 0.3 is 0 Å². The summed E-state index contributed by atoms with van der Waals surface area (Å²) in [6.45, 7) is 2.68. The fourth-order valence-corrected chi connectivity index (χ4v) is 0.985. The maximum Gasteiger partial charge on any atom is 0.243 e. The fraction of sp³-hybridized carbons (Fsp3) is 0.500. The Labute approximate surface area is 66.3 Å². The second-order valence-electron chi connectivity index (χ2n) is 2.89. The maximum absolute atomic E-state index is 10.3. The molecule has 0 bridgehead atoms. The van der Waals surface area contributed by atoms with Crippen LogP contribution in [0.2, 0.25) is 0 Å². The third kappa shape index (κ3) is 2.18. The third-order valence-corrected chi connectivity index (χ3v) is 1.55. The topological polar surface area (TPSA) is 25.9 Å². The van der Waals surface area contributed by atoms with Gasteiger partial charge in [-0.05, 0) is 0 Å². The van der Waals surface area contributed by atoms with Gasteiger partial charge in [0.1, 0.15) is 18.7 Å². The Bertz CT molecular complexity index is 242. The molecule has 0 aliphatic rings. The summed E-state index contributed by atoms with van der Waals surface area (Å²) < 4.78 is 3.95. The number of carbonyl (C=O) groups is 1. The van der Waals surface area contributed by atoms with Gasteiger partial charge in [-0.15, -0.1) is 0 Å². The number of aldehydes is 1. The molecule has 0 saturated heterocycles. The van der Waals surface area contributed by atoms with Crippen LogP contribution < -0.4 is 4.57 Å². The average molecular weight is 153 g/mol. The van der Waals surface area contributed by atoms with E-state index >= 15 is 0 Å². The zero-order valence-electron chi connectivity index (χ0n) is 6.90. The minimum Gasteiger partial charge on any atom is -0.303 e. The number of aromatic nitrogens is 2. The zero-order chi connectivity index (χ0) is 8.27. The summed E-state index contributed by atoms with van der Waals surface area (Å²) in [6.07, 6.45) is 6.84. The Balaban J connectivity index is 2.57. The molecule has 0 aliphatic heterocycles. The molecule has 1 rings (SSSR count). The van der Waals surface area contributed by atoms with Gasteiger partial charge in [-0.25, -0.2) is 9.13 Å². The molecule has 1 aromatic rings. The summed E-state index contributed by atoms with van der Waals surface area (Å²) in [5.74, 6) is 0.0994. The molecule has 0 saturated carbocycles. The smallest absolute Gasteiger partial charge is 0.243 e. The Morgan fingerprint density at radius 2 is 2.45 bits per heavy atom. The summed E-state index contributed by atoms with van der Waals surface area (Å²) in [7, 11) is 1.96. The molecule has 11 heavy (non-hydrogen) atoms. The number of carbonyl (C=O) groups excluding carboxylic acids is 1. The molecule has 3 heteroatoms. The Morgan fingerprint density at radius 1 is 1.73 bits per heavy atom. The van der Waals surface area contributed by atoms with Crippen LogP contribution in [-0.2, 0) is 18.4 Å². The zero-order valence-corrected chi connectivity index (χ0v) is 6.90. The predicted octanol–water partition coefficient (Wildman–Crippen LogP) is 0.148. The summed E-state index contributed by atoms with van der Waals surface area (Å²) in [5.41, 5.74) is 0. The van der Waals surface area contributed by atoms with Crippen molar-refractivity contribution in [3.05, 3.63) is 18.7 Å². The number of nitrogens with zero attached hydrogens (tertiary/aromatic N) is 2. The van der Waals surface area contributed by atoms with Crippen molar-refractivity contribution in [2.45, 2.75) is 13.5 Å². The first-order chi connectivity index (χ1) is 5.22. The van der Waals surface area contributed by atoms with Gasteiger partial charge in [-0.1, -0.05) is 6.92 Å². The van der Waals surface area contributed by atoms with Crippen molar-refractivity contribution in [3.8, 4) is 0 Å². The molecule has 1 aromatic heterocycles. The van der Waals surface area contributed by atoms with Crippen LogP contribution in [0.25, 0.3) is 0 Å². The van der Waals surface area contributed by atoms with Crippen LogP contribution in [0.5, 0.6) is 0 Å². The van der Waals surface area contributed by atoms with Crippen molar-refractivity contribution in [3.63, 3.8) is 0 Å². The number of hydrogen-bond acceptors (Lipinski definition) is 1. The van der Waals surface area contributed by atoms with Gasteiger partial charge < -0.3 is 4.79 Å². The SMILES string of the molecule is CC(C=O)C[n+]1ccn(C)c1. The Hall–Kier alpha value is -1.12. The van der Waals surface area contributed by atoms with Crippen molar-refractivity contribution in [1.82, 2.24) is 4.57 Å². The average Bonchev–Trinajstić information content (AvgIpc) is 2.35. The largest absolute Gasteiger partial charge is 0.303 e. The summed E-state index contributed by atoms with van der Waals surface area (Å²) in [6, 6.07) is 0. The molecule has 0 N–H and O–H groups in total.